The molecule has 0 saturated carbocycles. The van der Waals surface area contributed by atoms with Crippen molar-refractivity contribution in [2.75, 3.05) is 7.11 Å². The van der Waals surface area contributed by atoms with Crippen LogP contribution in [0.2, 0.25) is 0 Å². The van der Waals surface area contributed by atoms with Crippen molar-refractivity contribution in [2.24, 2.45) is 17.8 Å². The molecule has 0 heterocycles. The van der Waals surface area contributed by atoms with E-state index in [0.717, 1.165) is 12.8 Å². The third-order valence-electron chi connectivity index (χ3n) is 4.95. The predicted octanol–water partition coefficient (Wildman–Crippen LogP) is 5.83. The molecule has 1 aromatic carbocycles. The number of rotatable bonds is 7. The molecule has 0 radical (unpaired) electrons. The lowest BCUT2D eigenvalue weighted by Gasteiger charge is -2.24. The first-order valence-electron chi connectivity index (χ1n) is 9.24. The summed E-state index contributed by atoms with van der Waals surface area (Å²) >= 11 is 0. The highest BCUT2D eigenvalue weighted by Crippen LogP contribution is 2.50. The second-order valence-corrected chi connectivity index (χ2v) is 7.98. The zero-order valence-corrected chi connectivity index (χ0v) is 16.1. The van der Waals surface area contributed by atoms with Gasteiger partial charge in [0.15, 0.2) is 0 Å². The second kappa shape index (κ2) is 8.00. The molecule has 0 fully saturated rings. The Morgan fingerprint density at radius 2 is 1.75 bits per heavy atom. The van der Waals surface area contributed by atoms with Crippen LogP contribution in [0.5, 0.6) is 0 Å². The van der Waals surface area contributed by atoms with Crippen molar-refractivity contribution in [3.63, 3.8) is 0 Å². The number of hydrogen-bond donors (Lipinski definition) is 0. The summed E-state index contributed by atoms with van der Waals surface area (Å²) < 4.78 is 4.99. The number of esters is 1. The molecule has 132 valence electrons. The molecule has 2 nitrogen and oxygen atoms in total. The van der Waals surface area contributed by atoms with Crippen LogP contribution in [0.15, 0.2) is 29.8 Å². The summed E-state index contributed by atoms with van der Waals surface area (Å²) in [5.41, 5.74) is 5.61. The summed E-state index contributed by atoms with van der Waals surface area (Å²) in [6.45, 7) is 11.4. The fourth-order valence-corrected chi connectivity index (χ4v) is 4.19. The van der Waals surface area contributed by atoms with Crippen LogP contribution in [0, 0.1) is 17.8 Å². The number of benzene rings is 1. The van der Waals surface area contributed by atoms with E-state index in [-0.39, 0.29) is 11.9 Å². The number of ether oxygens (including phenoxy) is 1. The van der Waals surface area contributed by atoms with Crippen LogP contribution in [0.3, 0.4) is 0 Å². The molecule has 0 saturated heterocycles. The van der Waals surface area contributed by atoms with Gasteiger partial charge in [0.05, 0.1) is 13.5 Å². The van der Waals surface area contributed by atoms with Crippen molar-refractivity contribution in [1.82, 2.24) is 0 Å². The first kappa shape index (κ1) is 18.8. The van der Waals surface area contributed by atoms with Gasteiger partial charge in [-0.05, 0) is 47.3 Å². The van der Waals surface area contributed by atoms with E-state index in [0.29, 0.717) is 24.2 Å². The van der Waals surface area contributed by atoms with E-state index >= 15 is 0 Å². The molecule has 2 heteroatoms. The van der Waals surface area contributed by atoms with E-state index in [1.54, 1.807) is 0 Å². The summed E-state index contributed by atoms with van der Waals surface area (Å²) in [4.78, 5) is 12.1. The SMILES string of the molecule is COC(=O)CC1C([C@@H](C)CC(C)C)=C(CC(C)C)c2ccccc21. The summed E-state index contributed by atoms with van der Waals surface area (Å²) in [6.07, 6.45) is 2.68. The van der Waals surface area contributed by atoms with Gasteiger partial charge in [-0.25, -0.2) is 0 Å². The van der Waals surface area contributed by atoms with E-state index < -0.39 is 0 Å². The highest BCUT2D eigenvalue weighted by molar-refractivity contribution is 5.82. The number of allylic oxidation sites excluding steroid dienone is 2. The molecule has 0 aromatic heterocycles. The normalized spacial score (nSPS) is 18.2. The van der Waals surface area contributed by atoms with Crippen LogP contribution < -0.4 is 0 Å². The van der Waals surface area contributed by atoms with Gasteiger partial charge in [0.1, 0.15) is 0 Å². The molecule has 24 heavy (non-hydrogen) atoms. The minimum atomic E-state index is -0.116. The Balaban J connectivity index is 2.51. The highest BCUT2D eigenvalue weighted by Gasteiger charge is 2.35. The third kappa shape index (κ3) is 4.09. The summed E-state index contributed by atoms with van der Waals surface area (Å²) in [5.74, 6) is 1.80. The van der Waals surface area contributed by atoms with E-state index in [9.17, 15) is 4.79 Å². The molecule has 0 aliphatic heterocycles. The first-order valence-corrected chi connectivity index (χ1v) is 9.24. The van der Waals surface area contributed by atoms with Gasteiger partial charge in [-0.1, -0.05) is 64.5 Å². The highest BCUT2D eigenvalue weighted by atomic mass is 16.5. The molecule has 1 aromatic rings. The molecule has 0 N–H and O–H groups in total. The molecule has 1 unspecified atom stereocenters. The third-order valence-corrected chi connectivity index (χ3v) is 4.95. The van der Waals surface area contributed by atoms with Crippen molar-refractivity contribution in [3.05, 3.63) is 41.0 Å². The quantitative estimate of drug-likeness (QED) is 0.589. The molecule has 0 bridgehead atoms. The van der Waals surface area contributed by atoms with E-state index in [4.69, 9.17) is 4.74 Å². The zero-order chi connectivity index (χ0) is 17.9. The van der Waals surface area contributed by atoms with Crippen molar-refractivity contribution < 1.29 is 9.53 Å². The Morgan fingerprint density at radius 3 is 2.33 bits per heavy atom. The van der Waals surface area contributed by atoms with Crippen LogP contribution in [-0.4, -0.2) is 13.1 Å². The first-order chi connectivity index (χ1) is 11.3. The molecule has 0 spiro atoms. The lowest BCUT2D eigenvalue weighted by molar-refractivity contribution is -0.140. The fraction of sp³-hybridized carbons (Fsp3) is 0.591. The van der Waals surface area contributed by atoms with Gasteiger partial charge in [-0.2, -0.15) is 0 Å². The van der Waals surface area contributed by atoms with Crippen molar-refractivity contribution in [2.45, 2.75) is 59.8 Å². The maximum Gasteiger partial charge on any atom is 0.306 e. The van der Waals surface area contributed by atoms with E-state index in [2.05, 4.69) is 58.9 Å². The lowest BCUT2D eigenvalue weighted by Crippen LogP contribution is -2.14. The maximum absolute atomic E-state index is 12.1. The van der Waals surface area contributed by atoms with E-state index in [1.807, 2.05) is 0 Å². The molecule has 2 rings (SSSR count). The Morgan fingerprint density at radius 1 is 1.08 bits per heavy atom. The Hall–Kier alpha value is -1.57. The predicted molar refractivity (Wildman–Crippen MR) is 101 cm³/mol. The molecule has 1 aliphatic rings. The van der Waals surface area contributed by atoms with Crippen molar-refractivity contribution in [3.8, 4) is 0 Å². The summed E-state index contributed by atoms with van der Waals surface area (Å²) in [7, 11) is 1.49. The van der Waals surface area contributed by atoms with Gasteiger partial charge in [0.2, 0.25) is 0 Å². The van der Waals surface area contributed by atoms with Crippen LogP contribution in [-0.2, 0) is 9.53 Å². The van der Waals surface area contributed by atoms with Gasteiger partial charge in [0.25, 0.3) is 0 Å². The maximum atomic E-state index is 12.1. The van der Waals surface area contributed by atoms with Crippen LogP contribution in [0.1, 0.15) is 70.9 Å². The van der Waals surface area contributed by atoms with Crippen molar-refractivity contribution >= 4 is 11.5 Å². The zero-order valence-electron chi connectivity index (χ0n) is 16.1. The number of carbonyl (C=O) groups excluding carboxylic acids is 1. The topological polar surface area (TPSA) is 26.3 Å². The van der Waals surface area contributed by atoms with Crippen LogP contribution in [0.25, 0.3) is 5.57 Å². The monoisotopic (exact) mass is 328 g/mol. The van der Waals surface area contributed by atoms with Gasteiger partial charge >= 0.3 is 5.97 Å². The van der Waals surface area contributed by atoms with Gasteiger partial charge in [-0.3, -0.25) is 4.79 Å². The Bertz CT molecular complexity index is 610. The van der Waals surface area contributed by atoms with Gasteiger partial charge < -0.3 is 4.74 Å². The summed E-state index contributed by atoms with van der Waals surface area (Å²) in [6, 6.07) is 8.63. The minimum absolute atomic E-state index is 0.116. The number of carbonyl (C=O) groups is 1. The average molecular weight is 328 g/mol. The Kier molecular flexibility index (Phi) is 6.26. The number of methoxy groups -OCH3 is 1. The standard InChI is InChI=1S/C22H32O2/c1-14(2)11-16(5)22-19(12-15(3)4)17-9-7-8-10-18(17)20(22)13-21(23)24-6/h7-10,14-16,20H,11-13H2,1-6H3/t16-,20?/m0/s1. The smallest absolute Gasteiger partial charge is 0.306 e. The minimum Gasteiger partial charge on any atom is -0.469 e. The van der Waals surface area contributed by atoms with Gasteiger partial charge in [0, 0.05) is 5.92 Å². The number of hydrogen-bond acceptors (Lipinski definition) is 2. The molecular formula is C22H32O2. The largest absolute Gasteiger partial charge is 0.469 e. The van der Waals surface area contributed by atoms with Gasteiger partial charge in [-0.15, -0.1) is 0 Å². The molecular weight excluding hydrogens is 296 g/mol. The summed E-state index contributed by atoms with van der Waals surface area (Å²) in [5, 5.41) is 0. The number of fused-ring (bicyclic) bond motifs is 1. The molecule has 2 atom stereocenters. The Labute approximate surface area is 147 Å². The molecule has 1 aliphatic carbocycles. The fourth-order valence-electron chi connectivity index (χ4n) is 4.19. The van der Waals surface area contributed by atoms with E-state index in [1.165, 1.54) is 29.4 Å². The van der Waals surface area contributed by atoms with Crippen LogP contribution >= 0.6 is 0 Å². The van der Waals surface area contributed by atoms with Crippen LogP contribution in [0.4, 0.5) is 0 Å². The van der Waals surface area contributed by atoms with Crippen molar-refractivity contribution in [1.29, 1.82) is 0 Å². The lowest BCUT2D eigenvalue weighted by atomic mass is 9.81. The average Bonchev–Trinajstić information content (AvgIpc) is 2.80. The second-order valence-electron chi connectivity index (χ2n) is 7.98. The molecule has 0 amide bonds.